The Morgan fingerprint density at radius 2 is 1.85 bits per heavy atom. The number of amides is 1. The van der Waals surface area contributed by atoms with Crippen LogP contribution in [0.1, 0.15) is 77.7 Å². The van der Waals surface area contributed by atoms with E-state index in [9.17, 15) is 19.2 Å². The average Bonchev–Trinajstić information content (AvgIpc) is 3.24. The highest BCUT2D eigenvalue weighted by molar-refractivity contribution is 5.97. The predicted octanol–water partition coefficient (Wildman–Crippen LogP) is 6.66. The van der Waals surface area contributed by atoms with E-state index in [1.165, 1.54) is 24.6 Å². The molecule has 7 atom stereocenters. The van der Waals surface area contributed by atoms with E-state index in [-0.39, 0.29) is 40.2 Å². The molecule has 5 rings (SSSR count). The van der Waals surface area contributed by atoms with Crippen molar-refractivity contribution in [3.63, 3.8) is 0 Å². The lowest BCUT2D eigenvalue weighted by molar-refractivity contribution is -0.148. The van der Waals surface area contributed by atoms with Gasteiger partial charge in [0.25, 0.3) is 5.91 Å². The molecule has 0 radical (unpaired) electrons. The summed E-state index contributed by atoms with van der Waals surface area (Å²) in [5.74, 6) is 0.478. The van der Waals surface area contributed by atoms with Gasteiger partial charge in [-0.15, -0.1) is 0 Å². The standard InChI is InChI=1S/C33H39FN2O3/c1-20(37)39-24-14-16-32(2)22(18-24)7-11-26-29-13-12-28(33(29,3)17-15-30(26)32)25(27(19-35)31(36)38)10-6-21-4-8-23(34)9-5-21/h4-10,24,26,28-30H,11-18H2,1-3H3,(H2,36,38)/b10-6+,27-25+/t24-,26-,28?,29-,30-,32-,33+/m0/s1. The number of nitrogens with two attached hydrogens (primary N) is 1. The summed E-state index contributed by atoms with van der Waals surface area (Å²) >= 11 is 0. The molecule has 3 fully saturated rings. The zero-order chi connectivity index (χ0) is 27.9. The van der Waals surface area contributed by atoms with Crippen molar-refractivity contribution in [2.45, 2.75) is 78.2 Å². The van der Waals surface area contributed by atoms with E-state index >= 15 is 0 Å². The van der Waals surface area contributed by atoms with Gasteiger partial charge < -0.3 is 10.5 Å². The number of primary amides is 1. The number of nitriles is 1. The summed E-state index contributed by atoms with van der Waals surface area (Å²) in [6.45, 7) is 6.27. The van der Waals surface area contributed by atoms with Crippen molar-refractivity contribution in [1.29, 1.82) is 5.26 Å². The van der Waals surface area contributed by atoms with Gasteiger partial charge in [-0.2, -0.15) is 5.26 Å². The zero-order valence-electron chi connectivity index (χ0n) is 23.2. The summed E-state index contributed by atoms with van der Waals surface area (Å²) < 4.78 is 19.0. The number of hydrogen-bond acceptors (Lipinski definition) is 4. The molecule has 4 aliphatic rings. The normalized spacial score (nSPS) is 36.1. The molecule has 4 aliphatic carbocycles. The second-order valence-electron chi connectivity index (χ2n) is 12.6. The molecule has 0 bridgehead atoms. The van der Waals surface area contributed by atoms with Crippen LogP contribution in [0.15, 0.2) is 53.1 Å². The first-order valence-electron chi connectivity index (χ1n) is 14.3. The minimum atomic E-state index is -0.695. The van der Waals surface area contributed by atoms with Gasteiger partial charge in [-0.25, -0.2) is 4.39 Å². The van der Waals surface area contributed by atoms with Crippen molar-refractivity contribution < 1.29 is 18.7 Å². The number of carbonyl (C=O) groups is 2. The number of carbonyl (C=O) groups excluding carboxylic acids is 2. The number of esters is 1. The predicted molar refractivity (Wildman–Crippen MR) is 148 cm³/mol. The maximum absolute atomic E-state index is 13.4. The molecule has 1 amide bonds. The molecule has 0 heterocycles. The van der Waals surface area contributed by atoms with E-state index in [1.54, 1.807) is 12.1 Å². The van der Waals surface area contributed by atoms with Crippen LogP contribution in [0.3, 0.4) is 0 Å². The molecular formula is C33H39FN2O3. The summed E-state index contributed by atoms with van der Waals surface area (Å²) in [5, 5.41) is 9.94. The van der Waals surface area contributed by atoms with Gasteiger partial charge in [-0.1, -0.05) is 49.8 Å². The molecule has 0 aromatic heterocycles. The van der Waals surface area contributed by atoms with Gasteiger partial charge in [0.15, 0.2) is 0 Å². The summed E-state index contributed by atoms with van der Waals surface area (Å²) in [6.07, 6.45) is 14.1. The van der Waals surface area contributed by atoms with E-state index in [4.69, 9.17) is 10.5 Å². The fourth-order valence-corrected chi connectivity index (χ4v) is 8.87. The van der Waals surface area contributed by atoms with Crippen LogP contribution in [0.5, 0.6) is 0 Å². The van der Waals surface area contributed by atoms with Crippen molar-refractivity contribution >= 4 is 18.0 Å². The Morgan fingerprint density at radius 1 is 1.10 bits per heavy atom. The van der Waals surface area contributed by atoms with Crippen molar-refractivity contribution in [2.75, 3.05) is 0 Å². The lowest BCUT2D eigenvalue weighted by Gasteiger charge is -2.58. The average molecular weight is 531 g/mol. The quantitative estimate of drug-likeness (QED) is 0.152. The summed E-state index contributed by atoms with van der Waals surface area (Å²) in [5.41, 5.74) is 8.82. The molecule has 206 valence electrons. The Balaban J connectivity index is 1.44. The Morgan fingerprint density at radius 3 is 2.51 bits per heavy atom. The smallest absolute Gasteiger partial charge is 0.302 e. The molecule has 1 aromatic rings. The highest BCUT2D eigenvalue weighted by Gasteiger charge is 2.59. The lowest BCUT2D eigenvalue weighted by atomic mass is 9.47. The van der Waals surface area contributed by atoms with E-state index in [1.807, 2.05) is 12.2 Å². The Hall–Kier alpha value is -3.20. The van der Waals surface area contributed by atoms with Crippen LogP contribution >= 0.6 is 0 Å². The third-order valence-electron chi connectivity index (χ3n) is 10.7. The van der Waals surface area contributed by atoms with E-state index in [0.717, 1.165) is 62.5 Å². The molecule has 0 aliphatic heterocycles. The molecule has 5 nitrogen and oxygen atoms in total. The van der Waals surface area contributed by atoms with Gasteiger partial charge in [-0.05, 0) is 103 Å². The number of benzene rings is 1. The Labute approximate surface area is 231 Å². The second kappa shape index (κ2) is 10.4. The minimum absolute atomic E-state index is 0.0121. The van der Waals surface area contributed by atoms with Crippen LogP contribution in [0.2, 0.25) is 0 Å². The number of hydrogen-bond donors (Lipinski definition) is 1. The number of allylic oxidation sites excluding steroid dienone is 3. The van der Waals surface area contributed by atoms with Crippen molar-refractivity contribution in [3.05, 3.63) is 64.5 Å². The van der Waals surface area contributed by atoms with Gasteiger partial charge >= 0.3 is 5.97 Å². The molecule has 2 N–H and O–H groups in total. The molecule has 1 aromatic carbocycles. The number of halogens is 1. The first-order valence-corrected chi connectivity index (χ1v) is 14.3. The maximum atomic E-state index is 13.4. The fraction of sp³-hybridized carbons (Fsp3) is 0.545. The summed E-state index contributed by atoms with van der Waals surface area (Å²) in [6, 6.07) is 8.29. The number of fused-ring (bicyclic) bond motifs is 5. The lowest BCUT2D eigenvalue weighted by Crippen LogP contribution is -2.50. The highest BCUT2D eigenvalue weighted by atomic mass is 19.1. The maximum Gasteiger partial charge on any atom is 0.302 e. The minimum Gasteiger partial charge on any atom is -0.462 e. The fourth-order valence-electron chi connectivity index (χ4n) is 8.87. The van der Waals surface area contributed by atoms with Crippen LogP contribution in [0.25, 0.3) is 6.08 Å². The molecule has 6 heteroatoms. The molecule has 0 saturated heterocycles. The molecule has 3 saturated carbocycles. The SMILES string of the molecule is CC(=O)O[C@H]1CC[C@@]2(C)C(=CC[C@@H]3[C@@H]2CC[C@]2(C)C(C(/C=C/c4ccc(F)cc4)=C(\C#N)C(N)=O)CC[C@@H]32)C1. The van der Waals surface area contributed by atoms with Crippen LogP contribution in [-0.2, 0) is 14.3 Å². The number of nitrogens with zero attached hydrogens (tertiary/aromatic N) is 1. The highest BCUT2D eigenvalue weighted by Crippen LogP contribution is 2.67. The van der Waals surface area contributed by atoms with Gasteiger partial charge in [0.05, 0.1) is 0 Å². The third kappa shape index (κ3) is 4.86. The van der Waals surface area contributed by atoms with Crippen LogP contribution in [-0.4, -0.2) is 18.0 Å². The van der Waals surface area contributed by atoms with Gasteiger partial charge in [0.2, 0.25) is 0 Å². The van der Waals surface area contributed by atoms with Gasteiger partial charge in [0.1, 0.15) is 23.6 Å². The zero-order valence-corrected chi connectivity index (χ0v) is 23.2. The van der Waals surface area contributed by atoms with Crippen molar-refractivity contribution in [2.24, 2.45) is 40.2 Å². The number of ether oxygens (including phenoxy) is 1. The van der Waals surface area contributed by atoms with Crippen LogP contribution < -0.4 is 5.73 Å². The van der Waals surface area contributed by atoms with E-state index in [0.29, 0.717) is 17.8 Å². The Kier molecular flexibility index (Phi) is 7.31. The monoisotopic (exact) mass is 530 g/mol. The number of rotatable bonds is 5. The summed E-state index contributed by atoms with van der Waals surface area (Å²) in [7, 11) is 0. The van der Waals surface area contributed by atoms with E-state index < -0.39 is 5.91 Å². The molecule has 1 unspecified atom stereocenters. The Bertz CT molecular complexity index is 1290. The van der Waals surface area contributed by atoms with Crippen LogP contribution in [0.4, 0.5) is 4.39 Å². The van der Waals surface area contributed by atoms with Gasteiger partial charge in [0, 0.05) is 13.3 Å². The first kappa shape index (κ1) is 27.4. The largest absolute Gasteiger partial charge is 0.462 e. The molecule has 39 heavy (non-hydrogen) atoms. The summed E-state index contributed by atoms with van der Waals surface area (Å²) in [4.78, 5) is 24.0. The third-order valence-corrected chi connectivity index (χ3v) is 10.7. The topological polar surface area (TPSA) is 93.2 Å². The van der Waals surface area contributed by atoms with Gasteiger partial charge in [-0.3, -0.25) is 9.59 Å². The second-order valence-corrected chi connectivity index (χ2v) is 12.6. The molecular weight excluding hydrogens is 491 g/mol. The van der Waals surface area contributed by atoms with Crippen LogP contribution in [0, 0.1) is 51.6 Å². The molecule has 0 spiro atoms. The first-order chi connectivity index (χ1) is 18.6. The van der Waals surface area contributed by atoms with E-state index in [2.05, 4.69) is 26.0 Å². The van der Waals surface area contributed by atoms with Crippen molar-refractivity contribution in [1.82, 2.24) is 0 Å². The van der Waals surface area contributed by atoms with Crippen molar-refractivity contribution in [3.8, 4) is 6.07 Å².